The molecule has 1 saturated heterocycles. The minimum atomic E-state index is -3.66. The highest BCUT2D eigenvalue weighted by Crippen LogP contribution is 2.22. The fourth-order valence-electron chi connectivity index (χ4n) is 2.04. The molecule has 0 saturated carbocycles. The van der Waals surface area contributed by atoms with Crippen LogP contribution in [0.5, 0.6) is 0 Å². The Morgan fingerprint density at radius 1 is 1.55 bits per heavy atom. The highest BCUT2D eigenvalue weighted by Gasteiger charge is 2.21. The van der Waals surface area contributed by atoms with Gasteiger partial charge in [0.15, 0.2) is 5.82 Å². The van der Waals surface area contributed by atoms with Crippen molar-refractivity contribution in [2.75, 3.05) is 18.6 Å². The van der Waals surface area contributed by atoms with Crippen LogP contribution >= 0.6 is 15.9 Å². The van der Waals surface area contributed by atoms with E-state index in [-0.39, 0.29) is 16.8 Å². The largest absolute Gasteiger partial charge is 0.378 e. The van der Waals surface area contributed by atoms with Crippen molar-refractivity contribution in [2.45, 2.75) is 30.3 Å². The third-order valence-electron chi connectivity index (χ3n) is 3.03. The van der Waals surface area contributed by atoms with Crippen molar-refractivity contribution in [1.29, 1.82) is 0 Å². The monoisotopic (exact) mass is 364 g/mol. The molecular formula is C11H17BrN4O3S. The molecule has 2 heterocycles. The summed E-state index contributed by atoms with van der Waals surface area (Å²) in [6.07, 6.45) is 4.29. The Hall–Kier alpha value is -0.740. The number of hydrazine groups is 1. The number of sulfonamides is 1. The van der Waals surface area contributed by atoms with Crippen molar-refractivity contribution in [3.8, 4) is 0 Å². The normalized spacial score (nSPS) is 19.2. The van der Waals surface area contributed by atoms with Crippen LogP contribution in [0.25, 0.3) is 0 Å². The Bertz CT molecular complexity index is 561. The fraction of sp³-hybridized carbons (Fsp3) is 0.545. The van der Waals surface area contributed by atoms with Gasteiger partial charge in [-0.05, 0) is 41.3 Å². The third-order valence-corrected chi connectivity index (χ3v) is 4.94. The van der Waals surface area contributed by atoms with Gasteiger partial charge in [-0.15, -0.1) is 0 Å². The van der Waals surface area contributed by atoms with Crippen molar-refractivity contribution in [2.24, 2.45) is 5.84 Å². The molecule has 0 amide bonds. The lowest BCUT2D eigenvalue weighted by Crippen LogP contribution is -2.28. The van der Waals surface area contributed by atoms with E-state index < -0.39 is 10.0 Å². The Kier molecular flexibility index (Phi) is 5.33. The van der Waals surface area contributed by atoms with E-state index in [0.717, 1.165) is 19.4 Å². The highest BCUT2D eigenvalue weighted by molar-refractivity contribution is 9.10. The Morgan fingerprint density at radius 2 is 2.35 bits per heavy atom. The van der Waals surface area contributed by atoms with Gasteiger partial charge in [-0.1, -0.05) is 0 Å². The first kappa shape index (κ1) is 15.6. The first-order valence-corrected chi connectivity index (χ1v) is 8.54. The summed E-state index contributed by atoms with van der Waals surface area (Å²) < 4.78 is 33.0. The predicted octanol–water partition coefficient (Wildman–Crippen LogP) is 0.977. The molecule has 0 spiro atoms. The number of nitrogen functional groups attached to an aromatic ring is 1. The number of halogens is 1. The molecule has 1 atom stereocenters. The number of aromatic nitrogens is 1. The van der Waals surface area contributed by atoms with Gasteiger partial charge in [0.25, 0.3) is 0 Å². The lowest BCUT2D eigenvalue weighted by molar-refractivity contribution is 0.105. The molecule has 4 N–H and O–H groups in total. The average Bonchev–Trinajstić information content (AvgIpc) is 2.91. The average molecular weight is 365 g/mol. The highest BCUT2D eigenvalue weighted by atomic mass is 79.9. The van der Waals surface area contributed by atoms with Gasteiger partial charge in [0.1, 0.15) is 4.90 Å². The molecule has 112 valence electrons. The zero-order valence-electron chi connectivity index (χ0n) is 10.8. The summed E-state index contributed by atoms with van der Waals surface area (Å²) in [5.41, 5.74) is 2.28. The lowest BCUT2D eigenvalue weighted by Gasteiger charge is -2.12. The van der Waals surface area contributed by atoms with Crippen molar-refractivity contribution in [3.05, 3.63) is 16.7 Å². The number of nitrogens with two attached hydrogens (primary N) is 1. The van der Waals surface area contributed by atoms with E-state index in [9.17, 15) is 8.42 Å². The predicted molar refractivity (Wildman–Crippen MR) is 78.5 cm³/mol. The van der Waals surface area contributed by atoms with E-state index in [1.807, 2.05) is 0 Å². The van der Waals surface area contributed by atoms with Crippen molar-refractivity contribution in [3.63, 3.8) is 0 Å². The maximum Gasteiger partial charge on any atom is 0.244 e. The molecular weight excluding hydrogens is 348 g/mol. The number of nitrogens with zero attached hydrogens (tertiary/aromatic N) is 1. The zero-order valence-corrected chi connectivity index (χ0v) is 13.2. The Morgan fingerprint density at radius 3 is 3.00 bits per heavy atom. The van der Waals surface area contributed by atoms with Crippen LogP contribution in [0.15, 0.2) is 21.6 Å². The number of hydrogen-bond donors (Lipinski definition) is 3. The minimum absolute atomic E-state index is 0.0155. The van der Waals surface area contributed by atoms with Gasteiger partial charge in [0.05, 0.1) is 6.10 Å². The summed E-state index contributed by atoms with van der Waals surface area (Å²) in [6, 6.07) is 1.45. The number of ether oxygens (including phenoxy) is 1. The van der Waals surface area contributed by atoms with Crippen molar-refractivity contribution >= 4 is 31.8 Å². The van der Waals surface area contributed by atoms with E-state index in [4.69, 9.17) is 10.6 Å². The summed E-state index contributed by atoms with van der Waals surface area (Å²) in [6.45, 7) is 1.08. The third kappa shape index (κ3) is 3.89. The number of hydrogen-bond acceptors (Lipinski definition) is 6. The van der Waals surface area contributed by atoms with Crippen LogP contribution in [-0.2, 0) is 14.8 Å². The van der Waals surface area contributed by atoms with Gasteiger partial charge >= 0.3 is 0 Å². The molecule has 2 rings (SSSR count). The maximum atomic E-state index is 12.2. The van der Waals surface area contributed by atoms with Crippen LogP contribution < -0.4 is 16.0 Å². The molecule has 0 radical (unpaired) electrons. The second-order valence-electron chi connectivity index (χ2n) is 4.47. The summed E-state index contributed by atoms with van der Waals surface area (Å²) in [5.74, 6) is 5.39. The van der Waals surface area contributed by atoms with Gasteiger partial charge in [0.2, 0.25) is 10.0 Å². The Balaban J connectivity index is 2.03. The quantitative estimate of drug-likeness (QED) is 0.513. The summed E-state index contributed by atoms with van der Waals surface area (Å²) in [5, 5.41) is 0. The van der Waals surface area contributed by atoms with Gasteiger partial charge < -0.3 is 10.2 Å². The summed E-state index contributed by atoms with van der Waals surface area (Å²) >= 11 is 3.20. The molecule has 1 aromatic heterocycles. The molecule has 9 heteroatoms. The van der Waals surface area contributed by atoms with Crippen LogP contribution in [0.4, 0.5) is 5.82 Å². The number of pyridine rings is 1. The van der Waals surface area contributed by atoms with Gasteiger partial charge in [0, 0.05) is 23.8 Å². The molecule has 1 aromatic rings. The van der Waals surface area contributed by atoms with Crippen LogP contribution in [0.2, 0.25) is 0 Å². The fourth-order valence-corrected chi connectivity index (χ4v) is 3.71. The summed E-state index contributed by atoms with van der Waals surface area (Å²) in [7, 11) is -3.66. The molecule has 0 aromatic carbocycles. The standard InChI is InChI=1S/C11H17BrN4O3S/c12-8-6-10(11(16-13)14-7-8)20(17,18)15-4-3-9-2-1-5-19-9/h6-7,9,15H,1-5,13H2,(H,14,16). The Labute approximate surface area is 126 Å². The molecule has 0 bridgehead atoms. The number of rotatable bonds is 6. The molecule has 1 aliphatic rings. The van der Waals surface area contributed by atoms with E-state index in [0.29, 0.717) is 17.4 Å². The molecule has 7 nitrogen and oxygen atoms in total. The van der Waals surface area contributed by atoms with Crippen LogP contribution in [0.1, 0.15) is 19.3 Å². The van der Waals surface area contributed by atoms with Crippen LogP contribution in [0.3, 0.4) is 0 Å². The lowest BCUT2D eigenvalue weighted by atomic mass is 10.2. The van der Waals surface area contributed by atoms with Gasteiger partial charge in [-0.3, -0.25) is 0 Å². The molecule has 1 fully saturated rings. The first-order chi connectivity index (χ1) is 9.53. The second kappa shape index (κ2) is 6.81. The minimum Gasteiger partial charge on any atom is -0.378 e. The number of nitrogens with one attached hydrogen (secondary N) is 2. The smallest absolute Gasteiger partial charge is 0.244 e. The zero-order chi connectivity index (χ0) is 14.6. The van der Waals surface area contributed by atoms with Crippen molar-refractivity contribution in [1.82, 2.24) is 9.71 Å². The molecule has 0 aliphatic carbocycles. The van der Waals surface area contributed by atoms with Crippen molar-refractivity contribution < 1.29 is 13.2 Å². The van der Waals surface area contributed by atoms with Gasteiger partial charge in [-0.2, -0.15) is 0 Å². The first-order valence-electron chi connectivity index (χ1n) is 6.26. The number of anilines is 1. The summed E-state index contributed by atoms with van der Waals surface area (Å²) in [4.78, 5) is 3.94. The maximum absolute atomic E-state index is 12.2. The topological polar surface area (TPSA) is 106 Å². The van der Waals surface area contributed by atoms with E-state index in [2.05, 4.69) is 31.1 Å². The van der Waals surface area contributed by atoms with Crippen LogP contribution in [-0.4, -0.2) is 32.7 Å². The molecule has 1 aliphatic heterocycles. The molecule has 1 unspecified atom stereocenters. The van der Waals surface area contributed by atoms with E-state index in [1.165, 1.54) is 12.3 Å². The molecule has 20 heavy (non-hydrogen) atoms. The SMILES string of the molecule is NNc1ncc(Br)cc1S(=O)(=O)NCCC1CCCO1. The van der Waals surface area contributed by atoms with Crippen LogP contribution in [0, 0.1) is 0 Å². The van der Waals surface area contributed by atoms with E-state index >= 15 is 0 Å². The van der Waals surface area contributed by atoms with E-state index in [1.54, 1.807) is 0 Å². The second-order valence-corrected chi connectivity index (χ2v) is 7.12. The van der Waals surface area contributed by atoms with Gasteiger partial charge in [-0.25, -0.2) is 24.0 Å².